The van der Waals surface area contributed by atoms with Gasteiger partial charge < -0.3 is 5.32 Å². The third-order valence-electron chi connectivity index (χ3n) is 3.34. The number of nitrogens with one attached hydrogen (secondary N) is 1. The van der Waals surface area contributed by atoms with Crippen molar-refractivity contribution < 1.29 is 13.2 Å². The summed E-state index contributed by atoms with van der Waals surface area (Å²) in [7, 11) is 1.61. The number of hydrogen-bond acceptors (Lipinski definition) is 1. The molecule has 1 nitrogen and oxygen atoms in total. The predicted molar refractivity (Wildman–Crippen MR) is 73.1 cm³/mol. The fourth-order valence-corrected chi connectivity index (χ4v) is 2.25. The summed E-state index contributed by atoms with van der Waals surface area (Å²) in [6.45, 7) is 3.33. The van der Waals surface area contributed by atoms with Crippen molar-refractivity contribution in [3.8, 4) is 0 Å². The minimum Gasteiger partial charge on any atom is -0.309 e. The van der Waals surface area contributed by atoms with Gasteiger partial charge >= 0.3 is 0 Å². The molecule has 2 rings (SSSR count). The minimum absolute atomic E-state index is 0.231. The van der Waals surface area contributed by atoms with Gasteiger partial charge in [-0.1, -0.05) is 12.1 Å². The van der Waals surface area contributed by atoms with E-state index in [-0.39, 0.29) is 5.56 Å². The van der Waals surface area contributed by atoms with Crippen LogP contribution in [0.4, 0.5) is 13.2 Å². The zero-order chi connectivity index (χ0) is 14.9. The summed E-state index contributed by atoms with van der Waals surface area (Å²) >= 11 is 0. The van der Waals surface area contributed by atoms with Crippen LogP contribution in [0.1, 0.15) is 28.3 Å². The summed E-state index contributed by atoms with van der Waals surface area (Å²) in [6, 6.07) is 6.36. The molecule has 0 aliphatic rings. The van der Waals surface area contributed by atoms with Gasteiger partial charge in [-0.25, -0.2) is 13.2 Å². The lowest BCUT2D eigenvalue weighted by Crippen LogP contribution is -2.20. The molecule has 0 amide bonds. The van der Waals surface area contributed by atoms with Crippen LogP contribution in [0.3, 0.4) is 0 Å². The molecule has 0 fully saturated rings. The van der Waals surface area contributed by atoms with Crippen LogP contribution in [-0.4, -0.2) is 7.05 Å². The largest absolute Gasteiger partial charge is 0.309 e. The van der Waals surface area contributed by atoms with Crippen LogP contribution in [0, 0.1) is 31.3 Å². The maximum atomic E-state index is 14.0. The van der Waals surface area contributed by atoms with Crippen LogP contribution in [0.2, 0.25) is 0 Å². The summed E-state index contributed by atoms with van der Waals surface area (Å²) in [5.41, 5.74) is 1.68. The van der Waals surface area contributed by atoms with E-state index in [0.717, 1.165) is 11.6 Å². The Morgan fingerprint density at radius 2 is 1.50 bits per heavy atom. The SMILES string of the molecule is CNC(c1ccc(C)cc1F)c1cc(C)c(F)cc1F. The number of benzene rings is 2. The van der Waals surface area contributed by atoms with Crippen LogP contribution in [0.15, 0.2) is 30.3 Å². The first kappa shape index (κ1) is 14.6. The van der Waals surface area contributed by atoms with Crippen LogP contribution < -0.4 is 5.32 Å². The average molecular weight is 279 g/mol. The first-order valence-electron chi connectivity index (χ1n) is 6.33. The molecule has 0 aliphatic carbocycles. The van der Waals surface area contributed by atoms with Gasteiger partial charge in [0, 0.05) is 17.2 Å². The number of aryl methyl sites for hydroxylation is 2. The molecule has 0 aliphatic heterocycles. The number of rotatable bonds is 3. The van der Waals surface area contributed by atoms with Crippen LogP contribution >= 0.6 is 0 Å². The monoisotopic (exact) mass is 279 g/mol. The second-order valence-corrected chi connectivity index (χ2v) is 4.87. The summed E-state index contributed by atoms with van der Waals surface area (Å²) in [6.07, 6.45) is 0. The van der Waals surface area contributed by atoms with Gasteiger partial charge in [0.2, 0.25) is 0 Å². The van der Waals surface area contributed by atoms with Gasteiger partial charge in [-0.2, -0.15) is 0 Å². The highest BCUT2D eigenvalue weighted by atomic mass is 19.1. The lowest BCUT2D eigenvalue weighted by Gasteiger charge is -2.19. The van der Waals surface area contributed by atoms with Gasteiger partial charge in [-0.3, -0.25) is 0 Å². The topological polar surface area (TPSA) is 12.0 Å². The third-order valence-corrected chi connectivity index (χ3v) is 3.34. The smallest absolute Gasteiger partial charge is 0.131 e. The van der Waals surface area contributed by atoms with Gasteiger partial charge in [-0.15, -0.1) is 0 Å². The number of hydrogen-bond donors (Lipinski definition) is 1. The van der Waals surface area contributed by atoms with Crippen molar-refractivity contribution in [2.45, 2.75) is 19.9 Å². The Morgan fingerprint density at radius 1 is 0.850 bits per heavy atom. The molecule has 106 valence electrons. The van der Waals surface area contributed by atoms with E-state index in [1.165, 1.54) is 12.1 Å². The van der Waals surface area contributed by atoms with Crippen LogP contribution in [0.25, 0.3) is 0 Å². The molecule has 1 atom stereocenters. The molecule has 0 heterocycles. The Kier molecular flexibility index (Phi) is 4.14. The van der Waals surface area contributed by atoms with E-state index < -0.39 is 23.5 Å². The molecule has 0 saturated carbocycles. The summed E-state index contributed by atoms with van der Waals surface area (Å²) in [4.78, 5) is 0. The predicted octanol–water partition coefficient (Wildman–Crippen LogP) is 4.03. The summed E-state index contributed by atoms with van der Waals surface area (Å²) < 4.78 is 41.3. The molecule has 0 radical (unpaired) electrons. The Hall–Kier alpha value is -1.81. The van der Waals surface area contributed by atoms with Gasteiger partial charge in [-0.05, 0) is 44.2 Å². The molecule has 0 bridgehead atoms. The van der Waals surface area contributed by atoms with Gasteiger partial charge in [0.1, 0.15) is 17.5 Å². The molecule has 2 aromatic carbocycles. The first-order chi connectivity index (χ1) is 9.43. The van der Waals surface area contributed by atoms with Crippen molar-refractivity contribution in [2.75, 3.05) is 7.05 Å². The van der Waals surface area contributed by atoms with Crippen molar-refractivity contribution in [1.29, 1.82) is 0 Å². The molecular weight excluding hydrogens is 263 g/mol. The molecule has 1 unspecified atom stereocenters. The van der Waals surface area contributed by atoms with E-state index in [1.54, 1.807) is 33.0 Å². The average Bonchev–Trinajstić information content (AvgIpc) is 2.38. The van der Waals surface area contributed by atoms with Crippen molar-refractivity contribution in [3.63, 3.8) is 0 Å². The molecule has 4 heteroatoms. The lowest BCUT2D eigenvalue weighted by molar-refractivity contribution is 0.532. The maximum Gasteiger partial charge on any atom is 0.131 e. The second-order valence-electron chi connectivity index (χ2n) is 4.87. The molecule has 2 aromatic rings. The van der Waals surface area contributed by atoms with Crippen molar-refractivity contribution >= 4 is 0 Å². The maximum absolute atomic E-state index is 14.0. The quantitative estimate of drug-likeness (QED) is 0.894. The molecule has 0 saturated heterocycles. The Balaban J connectivity index is 2.55. The standard InChI is InChI=1S/C16H16F3N/c1-9-4-5-11(14(18)6-9)16(20-3)12-7-10(2)13(17)8-15(12)19/h4-8,16,20H,1-3H3. The molecule has 0 aromatic heterocycles. The Bertz CT molecular complexity index is 638. The zero-order valence-electron chi connectivity index (χ0n) is 11.6. The third kappa shape index (κ3) is 2.70. The molecular formula is C16H16F3N. The Morgan fingerprint density at radius 3 is 2.10 bits per heavy atom. The van der Waals surface area contributed by atoms with E-state index >= 15 is 0 Å². The molecule has 20 heavy (non-hydrogen) atoms. The fraction of sp³-hybridized carbons (Fsp3) is 0.250. The van der Waals surface area contributed by atoms with Crippen molar-refractivity contribution in [2.24, 2.45) is 0 Å². The van der Waals surface area contributed by atoms with Gasteiger partial charge in [0.25, 0.3) is 0 Å². The lowest BCUT2D eigenvalue weighted by atomic mass is 9.95. The van der Waals surface area contributed by atoms with Crippen molar-refractivity contribution in [3.05, 3.63) is 70.0 Å². The van der Waals surface area contributed by atoms with E-state index in [2.05, 4.69) is 5.32 Å². The highest BCUT2D eigenvalue weighted by Gasteiger charge is 2.20. The van der Waals surface area contributed by atoms with Gasteiger partial charge in [0.15, 0.2) is 0 Å². The van der Waals surface area contributed by atoms with Crippen molar-refractivity contribution in [1.82, 2.24) is 5.32 Å². The zero-order valence-corrected chi connectivity index (χ0v) is 11.6. The molecule has 1 N–H and O–H groups in total. The second kappa shape index (κ2) is 5.67. The van der Waals surface area contributed by atoms with Crippen LogP contribution in [-0.2, 0) is 0 Å². The molecule has 0 spiro atoms. The minimum atomic E-state index is -0.688. The van der Waals surface area contributed by atoms with E-state index in [4.69, 9.17) is 0 Å². The van der Waals surface area contributed by atoms with Gasteiger partial charge in [0.05, 0.1) is 6.04 Å². The normalized spacial score (nSPS) is 12.5. The highest BCUT2D eigenvalue weighted by Crippen LogP contribution is 2.28. The fourth-order valence-electron chi connectivity index (χ4n) is 2.25. The Labute approximate surface area is 116 Å². The highest BCUT2D eigenvalue weighted by molar-refractivity contribution is 5.37. The van der Waals surface area contributed by atoms with E-state index in [9.17, 15) is 13.2 Å². The summed E-state index contributed by atoms with van der Waals surface area (Å²) in [5, 5.41) is 2.88. The first-order valence-corrected chi connectivity index (χ1v) is 6.33. The number of halogens is 3. The van der Waals surface area contributed by atoms with Crippen LogP contribution in [0.5, 0.6) is 0 Å². The summed E-state index contributed by atoms with van der Waals surface area (Å²) in [5.74, 6) is -1.70. The van der Waals surface area contributed by atoms with E-state index in [1.807, 2.05) is 0 Å². The van der Waals surface area contributed by atoms with E-state index in [0.29, 0.717) is 11.1 Å².